The zero-order valence-corrected chi connectivity index (χ0v) is 11.6. The van der Waals surface area contributed by atoms with Gasteiger partial charge in [-0.1, -0.05) is 11.6 Å². The molecule has 5 nitrogen and oxygen atoms in total. The standard InChI is InChI=1S/C13H17ClN2O3/c1-2-19-13(17)10-7-9(15)8-11(14)12(10)16-3-5-18-6-4-16/h7-8H,2-6,15H2,1H3. The fraction of sp³-hybridized carbons (Fsp3) is 0.462. The zero-order valence-electron chi connectivity index (χ0n) is 10.8. The van der Waals surface area contributed by atoms with Gasteiger partial charge < -0.3 is 20.1 Å². The largest absolute Gasteiger partial charge is 0.462 e. The van der Waals surface area contributed by atoms with E-state index in [0.29, 0.717) is 54.9 Å². The van der Waals surface area contributed by atoms with Crippen LogP contribution in [0.4, 0.5) is 11.4 Å². The number of nitrogens with zero attached hydrogens (tertiary/aromatic N) is 1. The maximum absolute atomic E-state index is 12.0. The van der Waals surface area contributed by atoms with Gasteiger partial charge in [0.2, 0.25) is 0 Å². The van der Waals surface area contributed by atoms with Gasteiger partial charge in [-0.3, -0.25) is 0 Å². The molecule has 1 aromatic carbocycles. The van der Waals surface area contributed by atoms with Gasteiger partial charge in [-0.2, -0.15) is 0 Å². The molecule has 0 radical (unpaired) electrons. The van der Waals surface area contributed by atoms with Crippen molar-refractivity contribution in [2.75, 3.05) is 43.5 Å². The predicted molar refractivity (Wildman–Crippen MR) is 74.9 cm³/mol. The molecule has 104 valence electrons. The van der Waals surface area contributed by atoms with Crippen molar-refractivity contribution >= 4 is 28.9 Å². The van der Waals surface area contributed by atoms with Crippen molar-refractivity contribution in [2.45, 2.75) is 6.92 Å². The molecular weight excluding hydrogens is 268 g/mol. The van der Waals surface area contributed by atoms with Gasteiger partial charge in [0.15, 0.2) is 0 Å². The Balaban J connectivity index is 2.41. The molecule has 0 saturated carbocycles. The van der Waals surface area contributed by atoms with E-state index in [-0.39, 0.29) is 0 Å². The van der Waals surface area contributed by atoms with E-state index in [0.717, 1.165) is 0 Å². The number of hydrogen-bond donors (Lipinski definition) is 1. The molecule has 1 saturated heterocycles. The van der Waals surface area contributed by atoms with E-state index in [2.05, 4.69) is 0 Å². The molecular formula is C13H17ClN2O3. The third kappa shape index (κ3) is 3.11. The summed E-state index contributed by atoms with van der Waals surface area (Å²) in [4.78, 5) is 14.0. The Morgan fingerprint density at radius 1 is 1.47 bits per heavy atom. The van der Waals surface area contributed by atoms with E-state index >= 15 is 0 Å². The second-order valence-electron chi connectivity index (χ2n) is 4.22. The molecule has 2 rings (SSSR count). The molecule has 0 spiro atoms. The van der Waals surface area contributed by atoms with E-state index in [4.69, 9.17) is 26.8 Å². The van der Waals surface area contributed by atoms with Gasteiger partial charge >= 0.3 is 5.97 Å². The van der Waals surface area contributed by atoms with E-state index in [1.54, 1.807) is 19.1 Å². The third-order valence-corrected chi connectivity index (χ3v) is 3.20. The highest BCUT2D eigenvalue weighted by atomic mass is 35.5. The van der Waals surface area contributed by atoms with E-state index in [9.17, 15) is 4.79 Å². The van der Waals surface area contributed by atoms with Crippen LogP contribution in [-0.2, 0) is 9.47 Å². The van der Waals surface area contributed by atoms with Gasteiger partial charge in [-0.25, -0.2) is 4.79 Å². The first-order valence-corrected chi connectivity index (χ1v) is 6.60. The van der Waals surface area contributed by atoms with Crippen molar-refractivity contribution in [3.05, 3.63) is 22.7 Å². The lowest BCUT2D eigenvalue weighted by atomic mass is 10.1. The molecule has 1 heterocycles. The van der Waals surface area contributed by atoms with Crippen LogP contribution in [-0.4, -0.2) is 38.9 Å². The van der Waals surface area contributed by atoms with Gasteiger partial charge in [0.25, 0.3) is 0 Å². The van der Waals surface area contributed by atoms with E-state index in [1.807, 2.05) is 4.90 Å². The highest BCUT2D eigenvalue weighted by Crippen LogP contribution is 2.33. The van der Waals surface area contributed by atoms with Crippen LogP contribution in [0, 0.1) is 0 Å². The van der Waals surface area contributed by atoms with Crippen LogP contribution in [0.15, 0.2) is 12.1 Å². The van der Waals surface area contributed by atoms with Crippen LogP contribution in [0.3, 0.4) is 0 Å². The lowest BCUT2D eigenvalue weighted by Gasteiger charge is -2.31. The summed E-state index contributed by atoms with van der Waals surface area (Å²) in [6.07, 6.45) is 0. The molecule has 6 heteroatoms. The molecule has 0 atom stereocenters. The molecule has 1 fully saturated rings. The number of halogens is 1. The Labute approximate surface area is 117 Å². The summed E-state index contributed by atoms with van der Waals surface area (Å²) >= 11 is 6.24. The fourth-order valence-electron chi connectivity index (χ4n) is 2.09. The van der Waals surface area contributed by atoms with Gasteiger partial charge in [0, 0.05) is 18.8 Å². The smallest absolute Gasteiger partial charge is 0.340 e. The predicted octanol–water partition coefficient (Wildman–Crippen LogP) is 1.94. The Bertz CT molecular complexity index is 473. The van der Waals surface area contributed by atoms with Crippen LogP contribution < -0.4 is 10.6 Å². The van der Waals surface area contributed by atoms with Crippen molar-refractivity contribution in [3.63, 3.8) is 0 Å². The van der Waals surface area contributed by atoms with Crippen LogP contribution in [0.5, 0.6) is 0 Å². The summed E-state index contributed by atoms with van der Waals surface area (Å²) in [6.45, 7) is 4.69. The SMILES string of the molecule is CCOC(=O)c1cc(N)cc(Cl)c1N1CCOCC1. The summed E-state index contributed by atoms with van der Waals surface area (Å²) < 4.78 is 10.4. The van der Waals surface area contributed by atoms with Crippen molar-refractivity contribution in [3.8, 4) is 0 Å². The highest BCUT2D eigenvalue weighted by Gasteiger charge is 2.23. The first-order chi connectivity index (χ1) is 9.13. The molecule has 0 aromatic heterocycles. The summed E-state index contributed by atoms with van der Waals surface area (Å²) in [6, 6.07) is 3.25. The third-order valence-electron chi connectivity index (χ3n) is 2.91. The molecule has 0 amide bonds. The number of benzene rings is 1. The number of ether oxygens (including phenoxy) is 2. The minimum Gasteiger partial charge on any atom is -0.462 e. The number of esters is 1. The summed E-state index contributed by atoms with van der Waals surface area (Å²) in [7, 11) is 0. The van der Waals surface area contributed by atoms with Crippen molar-refractivity contribution in [1.82, 2.24) is 0 Å². The van der Waals surface area contributed by atoms with Gasteiger partial charge in [-0.15, -0.1) is 0 Å². The number of rotatable bonds is 3. The average molecular weight is 285 g/mol. The molecule has 1 aromatic rings. The number of anilines is 2. The number of hydrogen-bond acceptors (Lipinski definition) is 5. The number of nitrogens with two attached hydrogens (primary N) is 1. The van der Waals surface area contributed by atoms with Crippen molar-refractivity contribution in [2.24, 2.45) is 0 Å². The van der Waals surface area contributed by atoms with E-state index in [1.165, 1.54) is 0 Å². The van der Waals surface area contributed by atoms with Gasteiger partial charge in [0.05, 0.1) is 36.1 Å². The second-order valence-corrected chi connectivity index (χ2v) is 4.63. The number of carbonyl (C=O) groups is 1. The average Bonchev–Trinajstić information content (AvgIpc) is 2.39. The minimum atomic E-state index is -0.404. The van der Waals surface area contributed by atoms with E-state index < -0.39 is 5.97 Å². The first kappa shape index (κ1) is 14.0. The Morgan fingerprint density at radius 3 is 2.79 bits per heavy atom. The molecule has 1 aliphatic rings. The number of morpholine rings is 1. The maximum atomic E-state index is 12.0. The summed E-state index contributed by atoms with van der Waals surface area (Å²) in [5.74, 6) is -0.404. The van der Waals surface area contributed by atoms with Gasteiger partial charge in [-0.05, 0) is 19.1 Å². The second kappa shape index (κ2) is 6.12. The van der Waals surface area contributed by atoms with Crippen LogP contribution in [0.25, 0.3) is 0 Å². The lowest BCUT2D eigenvalue weighted by Crippen LogP contribution is -2.37. The minimum absolute atomic E-state index is 0.313. The normalized spacial score (nSPS) is 15.4. The maximum Gasteiger partial charge on any atom is 0.340 e. The number of carbonyl (C=O) groups excluding carboxylic acids is 1. The highest BCUT2D eigenvalue weighted by molar-refractivity contribution is 6.34. The van der Waals surface area contributed by atoms with Crippen molar-refractivity contribution < 1.29 is 14.3 Å². The summed E-state index contributed by atoms with van der Waals surface area (Å²) in [5.41, 5.74) is 7.29. The fourth-order valence-corrected chi connectivity index (χ4v) is 2.44. The summed E-state index contributed by atoms with van der Waals surface area (Å²) in [5, 5.41) is 0.463. The molecule has 2 N–H and O–H groups in total. The van der Waals surface area contributed by atoms with Crippen LogP contribution in [0.2, 0.25) is 5.02 Å². The molecule has 0 bridgehead atoms. The van der Waals surface area contributed by atoms with Crippen LogP contribution in [0.1, 0.15) is 17.3 Å². The molecule has 0 unspecified atom stereocenters. The zero-order chi connectivity index (χ0) is 13.8. The lowest BCUT2D eigenvalue weighted by molar-refractivity contribution is 0.0526. The van der Waals surface area contributed by atoms with Gasteiger partial charge in [0.1, 0.15) is 0 Å². The monoisotopic (exact) mass is 284 g/mol. The van der Waals surface area contributed by atoms with Crippen LogP contribution >= 0.6 is 11.6 Å². The quantitative estimate of drug-likeness (QED) is 0.679. The molecule has 19 heavy (non-hydrogen) atoms. The topological polar surface area (TPSA) is 64.8 Å². The Hall–Kier alpha value is -1.46. The first-order valence-electron chi connectivity index (χ1n) is 6.22. The molecule has 1 aliphatic heterocycles. The number of nitrogen functional groups attached to an aromatic ring is 1. The Morgan fingerprint density at radius 2 is 2.16 bits per heavy atom. The van der Waals surface area contributed by atoms with Crippen molar-refractivity contribution in [1.29, 1.82) is 0 Å². The Kier molecular flexibility index (Phi) is 4.50. The molecule has 0 aliphatic carbocycles.